The summed E-state index contributed by atoms with van der Waals surface area (Å²) < 4.78 is 46.7. The number of ether oxygens (including phenoxy) is 2. The van der Waals surface area contributed by atoms with Gasteiger partial charge in [0.05, 0.1) is 19.1 Å². The maximum atomic E-state index is 13.8. The fourth-order valence-electron chi connectivity index (χ4n) is 6.72. The van der Waals surface area contributed by atoms with Crippen molar-refractivity contribution in [1.82, 2.24) is 24.4 Å². The second kappa shape index (κ2) is 9.46. The summed E-state index contributed by atoms with van der Waals surface area (Å²) in [6.07, 6.45) is 3.18. The van der Waals surface area contributed by atoms with Crippen LogP contribution in [0.15, 0.2) is 10.6 Å². The molecule has 13 heteroatoms. The second-order valence-corrected chi connectivity index (χ2v) is 14.3. The van der Waals surface area contributed by atoms with Crippen molar-refractivity contribution in [2.24, 2.45) is 11.8 Å². The number of rotatable bonds is 6. The zero-order chi connectivity index (χ0) is 26.8. The molecule has 6 fully saturated rings. The fraction of sp³-hybridized carbons (Fsp3) is 0.800. The highest BCUT2D eigenvalue weighted by molar-refractivity contribution is 7.86. The lowest BCUT2D eigenvalue weighted by molar-refractivity contribution is -0.00229. The van der Waals surface area contributed by atoms with E-state index in [2.05, 4.69) is 15.8 Å². The highest BCUT2D eigenvalue weighted by atomic mass is 32.2. The SMILES string of the molecule is CC(C)(C)OC(=O)NC1[C@@H]2C[C@H]1CN(S(=O)(=O)N1[C@@H]3CC[C@H]1CC(NC(=O)c1cc(C4COC4)on1)C3)C2. The van der Waals surface area contributed by atoms with E-state index < -0.39 is 21.9 Å². The summed E-state index contributed by atoms with van der Waals surface area (Å²) in [5, 5.41) is 9.92. The largest absolute Gasteiger partial charge is 0.444 e. The van der Waals surface area contributed by atoms with Crippen LogP contribution in [0.4, 0.5) is 4.79 Å². The molecule has 2 amide bonds. The Bertz CT molecular complexity index is 1170. The van der Waals surface area contributed by atoms with E-state index in [0.29, 0.717) is 44.9 Å². The summed E-state index contributed by atoms with van der Waals surface area (Å²) >= 11 is 0. The van der Waals surface area contributed by atoms with E-state index in [0.717, 1.165) is 19.3 Å². The number of nitrogens with zero attached hydrogens (tertiary/aromatic N) is 3. The number of fused-ring (bicyclic) bond motifs is 4. The van der Waals surface area contributed by atoms with Gasteiger partial charge in [0, 0.05) is 43.3 Å². The lowest BCUT2D eigenvalue weighted by Gasteiger charge is -2.54. The summed E-state index contributed by atoms with van der Waals surface area (Å²) in [7, 11) is -3.64. The molecule has 5 saturated heterocycles. The Morgan fingerprint density at radius 1 is 1.05 bits per heavy atom. The van der Waals surface area contributed by atoms with Crippen molar-refractivity contribution < 1.29 is 32.0 Å². The van der Waals surface area contributed by atoms with Crippen molar-refractivity contribution in [2.45, 2.75) is 88.6 Å². The minimum Gasteiger partial charge on any atom is -0.444 e. The van der Waals surface area contributed by atoms with Gasteiger partial charge in [-0.25, -0.2) is 4.79 Å². The highest BCUT2D eigenvalue weighted by Crippen LogP contribution is 2.44. The van der Waals surface area contributed by atoms with E-state index in [1.54, 1.807) is 14.7 Å². The average Bonchev–Trinajstić information content (AvgIpc) is 3.38. The van der Waals surface area contributed by atoms with Gasteiger partial charge in [-0.15, -0.1) is 0 Å². The summed E-state index contributed by atoms with van der Waals surface area (Å²) in [6.45, 7) is 7.41. The Balaban J connectivity index is 1.04. The van der Waals surface area contributed by atoms with Crippen LogP contribution < -0.4 is 10.6 Å². The van der Waals surface area contributed by atoms with E-state index in [1.165, 1.54) is 0 Å². The molecule has 6 aliphatic rings. The van der Waals surface area contributed by atoms with Crippen molar-refractivity contribution in [2.75, 3.05) is 26.3 Å². The van der Waals surface area contributed by atoms with Gasteiger partial charge in [-0.3, -0.25) is 4.79 Å². The Hall–Kier alpha value is -2.22. The van der Waals surface area contributed by atoms with Gasteiger partial charge in [-0.1, -0.05) is 5.16 Å². The normalized spacial score (nSPS) is 33.8. The van der Waals surface area contributed by atoms with Gasteiger partial charge in [-0.2, -0.15) is 17.0 Å². The number of alkyl carbamates (subject to hydrolysis) is 1. The molecule has 12 nitrogen and oxygen atoms in total. The van der Waals surface area contributed by atoms with Gasteiger partial charge in [0.25, 0.3) is 16.1 Å². The van der Waals surface area contributed by atoms with Crippen LogP contribution in [0.5, 0.6) is 0 Å². The first kappa shape index (κ1) is 26.0. The molecule has 210 valence electrons. The van der Waals surface area contributed by atoms with Gasteiger partial charge in [0.1, 0.15) is 11.4 Å². The van der Waals surface area contributed by atoms with E-state index in [-0.39, 0.29) is 53.5 Å². The van der Waals surface area contributed by atoms with Crippen LogP contribution in [0, 0.1) is 11.8 Å². The molecule has 1 aromatic heterocycles. The van der Waals surface area contributed by atoms with Crippen LogP contribution in [0.1, 0.15) is 75.0 Å². The Kier molecular flexibility index (Phi) is 6.48. The summed E-state index contributed by atoms with van der Waals surface area (Å²) in [5.41, 5.74) is -0.330. The smallest absolute Gasteiger partial charge is 0.407 e. The third-order valence-electron chi connectivity index (χ3n) is 8.58. The Morgan fingerprint density at radius 3 is 2.29 bits per heavy atom. The summed E-state index contributed by atoms with van der Waals surface area (Å²) in [6, 6.07) is 1.22. The molecule has 2 unspecified atom stereocenters. The molecule has 5 aliphatic heterocycles. The lowest BCUT2D eigenvalue weighted by atomic mass is 9.67. The third-order valence-corrected chi connectivity index (χ3v) is 10.7. The second-order valence-electron chi connectivity index (χ2n) is 12.5. The third kappa shape index (κ3) is 4.82. The monoisotopic (exact) mass is 551 g/mol. The van der Waals surface area contributed by atoms with Crippen molar-refractivity contribution >= 4 is 22.2 Å². The molecule has 0 spiro atoms. The number of carbonyl (C=O) groups is 2. The zero-order valence-electron chi connectivity index (χ0n) is 22.1. The fourth-order valence-corrected chi connectivity index (χ4v) is 8.89. The molecule has 38 heavy (non-hydrogen) atoms. The molecule has 0 radical (unpaired) electrons. The van der Waals surface area contributed by atoms with Crippen LogP contribution in [0.3, 0.4) is 0 Å². The van der Waals surface area contributed by atoms with Gasteiger partial charge in [0.15, 0.2) is 5.69 Å². The molecule has 0 aromatic carbocycles. The Labute approximate surface area is 222 Å². The summed E-state index contributed by atoms with van der Waals surface area (Å²) in [4.78, 5) is 25.0. The van der Waals surface area contributed by atoms with Crippen LogP contribution in [0.25, 0.3) is 0 Å². The zero-order valence-corrected chi connectivity index (χ0v) is 22.9. The molecule has 1 saturated carbocycles. The first-order chi connectivity index (χ1) is 18.0. The average molecular weight is 552 g/mol. The molecule has 2 N–H and O–H groups in total. The minimum absolute atomic E-state index is 0.0529. The lowest BCUT2D eigenvalue weighted by Crippen LogP contribution is -2.67. The highest BCUT2D eigenvalue weighted by Gasteiger charge is 2.55. The molecular weight excluding hydrogens is 514 g/mol. The topological polar surface area (TPSA) is 143 Å². The van der Waals surface area contributed by atoms with E-state index in [4.69, 9.17) is 14.0 Å². The molecule has 4 bridgehead atoms. The first-order valence-electron chi connectivity index (χ1n) is 13.6. The number of nitrogens with one attached hydrogen (secondary N) is 2. The molecule has 7 rings (SSSR count). The van der Waals surface area contributed by atoms with Crippen LogP contribution in [0.2, 0.25) is 0 Å². The van der Waals surface area contributed by atoms with E-state index in [1.807, 2.05) is 20.8 Å². The molecular formula is C25H37N5O7S. The molecule has 1 aliphatic carbocycles. The molecule has 1 aromatic rings. The van der Waals surface area contributed by atoms with Gasteiger partial charge in [0.2, 0.25) is 0 Å². The van der Waals surface area contributed by atoms with Crippen molar-refractivity contribution in [3.8, 4) is 0 Å². The van der Waals surface area contributed by atoms with Gasteiger partial charge >= 0.3 is 6.09 Å². The minimum atomic E-state index is -3.64. The number of hydrogen-bond donors (Lipinski definition) is 2. The number of hydrogen-bond acceptors (Lipinski definition) is 8. The van der Waals surface area contributed by atoms with Crippen LogP contribution >= 0.6 is 0 Å². The van der Waals surface area contributed by atoms with Gasteiger partial charge in [-0.05, 0) is 64.7 Å². The van der Waals surface area contributed by atoms with Crippen LogP contribution in [-0.4, -0.2) is 90.3 Å². The predicted molar refractivity (Wildman–Crippen MR) is 134 cm³/mol. The van der Waals surface area contributed by atoms with E-state index in [9.17, 15) is 18.0 Å². The van der Waals surface area contributed by atoms with Crippen molar-refractivity contribution in [1.29, 1.82) is 0 Å². The number of amides is 2. The maximum absolute atomic E-state index is 13.8. The molecule has 6 atom stereocenters. The number of piperidine rings is 3. The number of carbonyl (C=O) groups excluding carboxylic acids is 2. The molecule has 6 heterocycles. The van der Waals surface area contributed by atoms with Crippen molar-refractivity contribution in [3.05, 3.63) is 17.5 Å². The number of aromatic nitrogens is 1. The van der Waals surface area contributed by atoms with E-state index >= 15 is 0 Å². The van der Waals surface area contributed by atoms with Crippen molar-refractivity contribution in [3.63, 3.8) is 0 Å². The summed E-state index contributed by atoms with van der Waals surface area (Å²) in [5.74, 6) is 0.692. The quantitative estimate of drug-likeness (QED) is 0.543. The Morgan fingerprint density at radius 2 is 1.71 bits per heavy atom. The first-order valence-corrected chi connectivity index (χ1v) is 15.0. The maximum Gasteiger partial charge on any atom is 0.407 e. The van der Waals surface area contributed by atoms with Crippen LogP contribution in [-0.2, 0) is 19.7 Å². The predicted octanol–water partition coefficient (Wildman–Crippen LogP) is 1.60. The standard InChI is InChI=1S/C25H37N5O7S/c1-25(2,3)36-24(32)27-22-14-6-15(22)11-29(10-14)38(33,34)30-18-4-5-19(30)8-17(7-18)26-23(31)20-9-21(37-28-20)16-12-35-13-16/h9,14-19,22H,4-8,10-13H2,1-3H3,(H,26,31)(H,27,32)/t14-,15+,17?,18-,19+,22?. The van der Waals surface area contributed by atoms with Gasteiger partial charge < -0.3 is 24.6 Å².